The Morgan fingerprint density at radius 1 is 1.53 bits per heavy atom. The largest absolute Gasteiger partial charge is 0.331 e. The van der Waals surface area contributed by atoms with Crippen LogP contribution in [0.5, 0.6) is 0 Å². The monoisotopic (exact) mass is 281 g/mol. The lowest BCUT2D eigenvalue weighted by Gasteiger charge is -2.03. The van der Waals surface area contributed by atoms with Gasteiger partial charge < -0.3 is 4.98 Å². The van der Waals surface area contributed by atoms with Crippen molar-refractivity contribution in [3.05, 3.63) is 43.2 Å². The van der Waals surface area contributed by atoms with Gasteiger partial charge >= 0.3 is 0 Å². The first-order chi connectivity index (χ1) is 8.25. The number of aromatic amines is 1. The molecule has 3 rings (SSSR count). The molecule has 17 heavy (non-hydrogen) atoms. The van der Waals surface area contributed by atoms with Gasteiger partial charge in [-0.25, -0.2) is 4.98 Å². The van der Waals surface area contributed by atoms with E-state index in [9.17, 15) is 4.79 Å². The minimum Gasteiger partial charge on any atom is -0.331 e. The summed E-state index contributed by atoms with van der Waals surface area (Å²) in [5.74, 6) is 0. The van der Waals surface area contributed by atoms with Gasteiger partial charge in [0.1, 0.15) is 4.70 Å². The lowest BCUT2D eigenvalue weighted by molar-refractivity contribution is 0.722. The van der Waals surface area contributed by atoms with Crippen LogP contribution in [-0.4, -0.2) is 14.5 Å². The maximum absolute atomic E-state index is 12.2. The van der Waals surface area contributed by atoms with Crippen molar-refractivity contribution in [2.24, 2.45) is 0 Å². The van der Waals surface area contributed by atoms with Gasteiger partial charge in [0.25, 0.3) is 5.56 Å². The zero-order chi connectivity index (χ0) is 11.8. The number of fused-ring (bicyclic) bond motifs is 1. The quantitative estimate of drug-likeness (QED) is 0.735. The first-order valence-corrected chi connectivity index (χ1v) is 7.06. The van der Waals surface area contributed by atoms with E-state index in [1.54, 1.807) is 10.1 Å². The van der Waals surface area contributed by atoms with Crippen LogP contribution in [0.3, 0.4) is 0 Å². The summed E-state index contributed by atoms with van der Waals surface area (Å²) in [4.78, 5) is 19.4. The molecule has 0 atom stereocenters. The van der Waals surface area contributed by atoms with Gasteiger partial charge in [-0.05, 0) is 23.7 Å². The molecular weight excluding hydrogens is 274 g/mol. The molecular formula is C10H7N3OS3. The first-order valence-electron chi connectivity index (χ1n) is 4.83. The fourth-order valence-electron chi connectivity index (χ4n) is 1.59. The summed E-state index contributed by atoms with van der Waals surface area (Å²) in [6.07, 6.45) is 0. The van der Waals surface area contributed by atoms with E-state index in [1.165, 1.54) is 22.7 Å². The summed E-state index contributed by atoms with van der Waals surface area (Å²) >= 11 is 8.12. The van der Waals surface area contributed by atoms with Crippen molar-refractivity contribution in [3.63, 3.8) is 0 Å². The molecule has 1 N–H and O–H groups in total. The van der Waals surface area contributed by atoms with Gasteiger partial charge in [-0.15, -0.1) is 22.7 Å². The zero-order valence-corrected chi connectivity index (χ0v) is 11.0. The maximum atomic E-state index is 12.2. The molecule has 0 aliphatic rings. The van der Waals surface area contributed by atoms with Crippen LogP contribution in [0.25, 0.3) is 10.2 Å². The van der Waals surface area contributed by atoms with Gasteiger partial charge in [0.05, 0.1) is 23.3 Å². The molecule has 86 valence electrons. The molecule has 3 aromatic rings. The number of nitrogens with one attached hydrogen (secondary N) is 1. The van der Waals surface area contributed by atoms with Crippen LogP contribution in [-0.2, 0) is 6.54 Å². The number of hydrogen-bond donors (Lipinski definition) is 1. The molecule has 0 aromatic carbocycles. The predicted octanol–water partition coefficient (Wildman–Crippen LogP) is 2.63. The number of H-pyrrole nitrogens is 1. The molecule has 4 nitrogen and oxygen atoms in total. The van der Waals surface area contributed by atoms with E-state index in [-0.39, 0.29) is 5.56 Å². The van der Waals surface area contributed by atoms with Gasteiger partial charge in [0.2, 0.25) is 0 Å². The molecule has 0 spiro atoms. The molecule has 3 heterocycles. The van der Waals surface area contributed by atoms with E-state index < -0.39 is 0 Å². The molecule has 0 saturated carbocycles. The summed E-state index contributed by atoms with van der Waals surface area (Å²) < 4.78 is 2.69. The van der Waals surface area contributed by atoms with Crippen LogP contribution in [0.4, 0.5) is 0 Å². The molecule has 0 amide bonds. The third-order valence-electron chi connectivity index (χ3n) is 2.39. The van der Waals surface area contributed by atoms with Crippen LogP contribution < -0.4 is 5.56 Å². The molecule has 0 fully saturated rings. The Morgan fingerprint density at radius 3 is 3.18 bits per heavy atom. The fourth-order valence-corrected chi connectivity index (χ4v) is 3.20. The summed E-state index contributed by atoms with van der Waals surface area (Å²) in [5.41, 5.74) is 3.36. The van der Waals surface area contributed by atoms with Crippen LogP contribution >= 0.6 is 34.9 Å². The minimum atomic E-state index is -0.0493. The van der Waals surface area contributed by atoms with Crippen molar-refractivity contribution in [2.45, 2.75) is 6.54 Å². The predicted molar refractivity (Wildman–Crippen MR) is 72.5 cm³/mol. The second-order valence-corrected chi connectivity index (χ2v) is 5.49. The summed E-state index contributed by atoms with van der Waals surface area (Å²) in [7, 11) is 0. The fraction of sp³-hybridized carbons (Fsp3) is 0.100. The third-order valence-corrected chi connectivity index (χ3v) is 4.26. The van der Waals surface area contributed by atoms with Crippen LogP contribution in [0.1, 0.15) is 5.69 Å². The Kier molecular flexibility index (Phi) is 2.65. The van der Waals surface area contributed by atoms with Crippen molar-refractivity contribution in [1.82, 2.24) is 14.5 Å². The molecule has 0 aliphatic heterocycles. The second kappa shape index (κ2) is 4.17. The summed E-state index contributed by atoms with van der Waals surface area (Å²) in [5, 5.41) is 3.80. The number of rotatable bonds is 2. The highest BCUT2D eigenvalue weighted by Crippen LogP contribution is 2.14. The molecule has 0 unspecified atom stereocenters. The van der Waals surface area contributed by atoms with Gasteiger partial charge in [-0.3, -0.25) is 9.36 Å². The molecule has 0 bridgehead atoms. The minimum absolute atomic E-state index is 0.0493. The zero-order valence-electron chi connectivity index (χ0n) is 8.54. The number of aromatic nitrogens is 3. The van der Waals surface area contributed by atoms with E-state index in [0.717, 1.165) is 11.2 Å². The standard InChI is InChI=1S/C10H7N3OS3/c14-9-8-7(1-2-17-8)12-10(15)13(9)3-6-4-16-5-11-6/h1-2,4-5H,3H2,(H,12,15). The smallest absolute Gasteiger partial charge is 0.272 e. The highest BCUT2D eigenvalue weighted by molar-refractivity contribution is 7.71. The lowest BCUT2D eigenvalue weighted by atomic mass is 10.4. The van der Waals surface area contributed by atoms with Crippen LogP contribution in [0.2, 0.25) is 0 Å². The Hall–Kier alpha value is -1.31. The van der Waals surface area contributed by atoms with Gasteiger partial charge in [-0.1, -0.05) is 0 Å². The average Bonchev–Trinajstić information content (AvgIpc) is 2.94. The van der Waals surface area contributed by atoms with Crippen LogP contribution in [0.15, 0.2) is 27.1 Å². The number of thiazole rings is 1. The molecule has 0 radical (unpaired) electrons. The van der Waals surface area contributed by atoms with Gasteiger partial charge in [0, 0.05) is 5.38 Å². The van der Waals surface area contributed by atoms with Crippen molar-refractivity contribution in [2.75, 3.05) is 0 Å². The summed E-state index contributed by atoms with van der Waals surface area (Å²) in [6, 6.07) is 1.87. The van der Waals surface area contributed by atoms with Crippen molar-refractivity contribution >= 4 is 45.1 Å². The highest BCUT2D eigenvalue weighted by atomic mass is 32.1. The number of hydrogen-bond acceptors (Lipinski definition) is 5. The molecule has 0 saturated heterocycles. The molecule has 7 heteroatoms. The Balaban J connectivity index is 2.22. The Bertz CT molecular complexity index is 766. The van der Waals surface area contributed by atoms with E-state index in [4.69, 9.17) is 12.2 Å². The van der Waals surface area contributed by atoms with Crippen LogP contribution in [0, 0.1) is 4.77 Å². The van der Waals surface area contributed by atoms with E-state index >= 15 is 0 Å². The SMILES string of the molecule is O=c1c2sccc2[nH]c(=S)n1Cc1cscn1. The maximum Gasteiger partial charge on any atom is 0.272 e. The highest BCUT2D eigenvalue weighted by Gasteiger charge is 2.07. The van der Waals surface area contributed by atoms with E-state index in [0.29, 0.717) is 16.0 Å². The Labute approximate surface area is 109 Å². The van der Waals surface area contributed by atoms with Crippen molar-refractivity contribution in [3.8, 4) is 0 Å². The third kappa shape index (κ3) is 1.86. The average molecular weight is 281 g/mol. The molecule has 3 aromatic heterocycles. The van der Waals surface area contributed by atoms with Crippen molar-refractivity contribution in [1.29, 1.82) is 0 Å². The first kappa shape index (κ1) is 10.8. The van der Waals surface area contributed by atoms with Gasteiger partial charge in [0.15, 0.2) is 4.77 Å². The van der Waals surface area contributed by atoms with E-state index in [2.05, 4.69) is 9.97 Å². The number of nitrogens with zero attached hydrogens (tertiary/aromatic N) is 2. The van der Waals surface area contributed by atoms with Gasteiger partial charge in [-0.2, -0.15) is 0 Å². The van der Waals surface area contributed by atoms with Crippen molar-refractivity contribution < 1.29 is 0 Å². The number of thiophene rings is 1. The Morgan fingerprint density at radius 2 is 2.41 bits per heavy atom. The summed E-state index contributed by atoms with van der Waals surface area (Å²) in [6.45, 7) is 0.422. The second-order valence-electron chi connectivity index (χ2n) is 3.46. The lowest BCUT2D eigenvalue weighted by Crippen LogP contribution is -2.21. The molecule has 0 aliphatic carbocycles. The van der Waals surface area contributed by atoms with E-state index in [1.807, 2.05) is 16.8 Å². The normalized spacial score (nSPS) is 11.1. The topological polar surface area (TPSA) is 50.7 Å².